The van der Waals surface area contributed by atoms with Gasteiger partial charge in [0.25, 0.3) is 0 Å². The minimum Gasteiger partial charge on any atom is -0.423 e. The smallest absolute Gasteiger partial charge is 0.423 e. The van der Waals surface area contributed by atoms with Gasteiger partial charge < -0.3 is 20.1 Å². The van der Waals surface area contributed by atoms with Crippen LogP contribution in [0.4, 0.5) is 0 Å². The van der Waals surface area contributed by atoms with Crippen molar-refractivity contribution in [2.24, 2.45) is 0 Å². The summed E-state index contributed by atoms with van der Waals surface area (Å²) in [6, 6.07) is 146. The number of halogens is 5. The van der Waals surface area contributed by atoms with E-state index in [-0.39, 0.29) is 0 Å². The Morgan fingerprint density at radius 1 is 0.151 bits per heavy atom. The van der Waals surface area contributed by atoms with Gasteiger partial charge in [0.2, 0.25) is 0 Å². The second kappa shape index (κ2) is 36.3. The van der Waals surface area contributed by atoms with Gasteiger partial charge in [-0.15, -0.1) is 0 Å². The lowest BCUT2D eigenvalue weighted by Crippen LogP contribution is -2.31. The van der Waals surface area contributed by atoms with E-state index in [9.17, 15) is 10.0 Å². The van der Waals surface area contributed by atoms with E-state index in [0.29, 0.717) is 10.9 Å². The van der Waals surface area contributed by atoms with Gasteiger partial charge in [0.15, 0.2) is 0 Å². The highest BCUT2D eigenvalue weighted by Crippen LogP contribution is 2.49. The largest absolute Gasteiger partial charge is 0.489 e. The van der Waals surface area contributed by atoms with Gasteiger partial charge in [-0.1, -0.05) is 456 Å². The van der Waals surface area contributed by atoms with Crippen molar-refractivity contribution in [2.75, 3.05) is 0 Å². The molecule has 0 fully saturated rings. The molecule has 0 aromatic heterocycles. The van der Waals surface area contributed by atoms with E-state index < -0.39 is 14.2 Å². The van der Waals surface area contributed by atoms with Crippen LogP contribution in [0.1, 0.15) is 0 Å². The molecule has 0 radical (unpaired) electrons. The lowest BCUT2D eigenvalue weighted by atomic mass is 9.72. The zero-order chi connectivity index (χ0) is 81.5. The Hall–Kier alpha value is -11.7. The van der Waals surface area contributed by atoms with Gasteiger partial charge >= 0.3 is 14.2 Å². The van der Waals surface area contributed by atoms with E-state index in [4.69, 9.17) is 10.0 Å². The summed E-state index contributed by atoms with van der Waals surface area (Å²) in [7, 11) is -2.87. The molecule has 0 spiro atoms. The fourth-order valence-electron chi connectivity index (χ4n) is 16.6. The van der Waals surface area contributed by atoms with Crippen molar-refractivity contribution in [2.45, 2.75) is 0 Å². The van der Waals surface area contributed by atoms with Gasteiger partial charge in [-0.2, -0.15) is 0 Å². The molecule has 0 amide bonds. The van der Waals surface area contributed by atoms with Crippen LogP contribution in [0.3, 0.4) is 0 Å². The highest BCUT2D eigenvalue weighted by atomic mass is 79.9. The SMILES string of the molecule is Brc1ccc(-c2ccc(Br)c3ccccc23)cc1.Brc1ccc(Br)c2ccccc12.OB(O)c1c2ccccc2c(-c2ccccc2)c2ccccc12.OB(O)c1ccc(Br)cc1.c1ccc(-c2c3ccccc3c(-c3ccc(-c4ccc(-c5c6ccccc6c(-c6ccccc6)c6ccccc56)c5ccccc45)cc3)c3ccccc23)cc1. The van der Waals surface area contributed by atoms with E-state index in [1.807, 2.05) is 91.0 Å². The van der Waals surface area contributed by atoms with Crippen molar-refractivity contribution in [3.63, 3.8) is 0 Å². The Balaban J connectivity index is 0.000000130. The second-order valence-corrected chi connectivity index (χ2v) is 33.4. The fourth-order valence-corrected chi connectivity index (χ4v) is 18.6. The topological polar surface area (TPSA) is 80.9 Å². The number of rotatable bonds is 9. The highest BCUT2D eigenvalue weighted by Gasteiger charge is 2.24. The van der Waals surface area contributed by atoms with E-state index in [1.54, 1.807) is 24.3 Å². The first kappa shape index (κ1) is 79.8. The Morgan fingerprint density at radius 3 is 0.689 bits per heavy atom. The first-order chi connectivity index (χ1) is 58.3. The monoisotopic (exact) mass is 1850 g/mol. The number of fused-ring (bicyclic) bond motifs is 9. The number of hydrogen-bond donors (Lipinski definition) is 4. The van der Waals surface area contributed by atoms with E-state index in [0.717, 1.165) is 55.0 Å². The third-order valence-corrected chi connectivity index (χ3v) is 25.1. The Bertz CT molecular complexity index is 7070. The molecule has 4 N–H and O–H groups in total. The fraction of sp³-hybridized carbons (Fsp3) is 0. The zero-order valence-electron chi connectivity index (χ0n) is 64.2. The van der Waals surface area contributed by atoms with Crippen molar-refractivity contribution < 1.29 is 20.1 Å². The molecule has 11 heteroatoms. The molecule has 21 aromatic rings. The van der Waals surface area contributed by atoms with Crippen molar-refractivity contribution >= 4 is 202 Å². The molecule has 0 atom stereocenters. The quantitative estimate of drug-likeness (QED) is 0.0858. The summed E-state index contributed by atoms with van der Waals surface area (Å²) < 4.78 is 5.45. The van der Waals surface area contributed by atoms with Crippen LogP contribution < -0.4 is 10.9 Å². The normalized spacial score (nSPS) is 11.1. The predicted octanol–water partition coefficient (Wildman–Crippen LogP) is 29.7. The third kappa shape index (κ3) is 16.6. The maximum absolute atomic E-state index is 9.94. The molecule has 0 aliphatic carbocycles. The molecular formula is C108H73B2Br5O4. The van der Waals surface area contributed by atoms with Gasteiger partial charge in [0, 0.05) is 22.4 Å². The van der Waals surface area contributed by atoms with Crippen molar-refractivity contribution in [1.29, 1.82) is 0 Å². The molecule has 570 valence electrons. The molecule has 0 aliphatic heterocycles. The summed E-state index contributed by atoms with van der Waals surface area (Å²) in [6.07, 6.45) is 0. The maximum atomic E-state index is 9.94. The summed E-state index contributed by atoms with van der Waals surface area (Å²) >= 11 is 17.3. The van der Waals surface area contributed by atoms with E-state index in [1.165, 1.54) is 142 Å². The molecule has 0 unspecified atom stereocenters. The standard InChI is InChI=1S/C56H36.C20H15BO2.C16H10Br2.C10H6Br2.C6H6BBrO2/c1-3-17-38(18-4-1)53-44-23-9-11-25-46(44)55(47-26-12-10-24-45(47)53)40-33-31-37(32-34-40)41-35-36-52(43-22-8-7-21-42(41)43)56-50-29-15-13-27-48(50)54(39-19-5-2-6-20-39)49-28-14-16-30-51(49)56;22-21(23)20-17-12-6-4-10-15(17)19(14-8-2-1-3-9-14)16-11-5-7-13-18(16)20;17-12-7-5-11(6-8-12)13-9-10-16(18)15-4-2-1-3-14(13)15;11-9-5-6-10(12)8-4-2-1-3-7(8)9;8-6-3-1-5(2-4-6)7(9)10/h1-36H;1-13,22-23H;1-10H;1-6H;1-4,9-10H. The summed E-state index contributed by atoms with van der Waals surface area (Å²) in [5, 5.41) is 58.7. The predicted molar refractivity (Wildman–Crippen MR) is 526 cm³/mol. The zero-order valence-corrected chi connectivity index (χ0v) is 72.1. The van der Waals surface area contributed by atoms with Crippen LogP contribution in [0.15, 0.2) is 441 Å². The van der Waals surface area contributed by atoms with Gasteiger partial charge in [-0.3, -0.25) is 0 Å². The van der Waals surface area contributed by atoms with E-state index in [2.05, 4.69) is 383 Å². The van der Waals surface area contributed by atoms with Gasteiger partial charge in [0.05, 0.1) is 0 Å². The number of hydrogen-bond acceptors (Lipinski definition) is 4. The van der Waals surface area contributed by atoms with Gasteiger partial charge in [0.1, 0.15) is 0 Å². The van der Waals surface area contributed by atoms with Crippen molar-refractivity contribution in [3.05, 3.63) is 441 Å². The highest BCUT2D eigenvalue weighted by molar-refractivity contribution is 9.11. The Kier molecular flexibility index (Phi) is 24.3. The first-order valence-electron chi connectivity index (χ1n) is 39.2. The summed E-state index contributed by atoms with van der Waals surface area (Å²) in [4.78, 5) is 0. The summed E-state index contributed by atoms with van der Waals surface area (Å²) in [5.41, 5.74) is 18.4. The number of benzene rings is 21. The van der Waals surface area contributed by atoms with Crippen LogP contribution in [0.2, 0.25) is 0 Å². The summed E-state index contributed by atoms with van der Waals surface area (Å²) in [5.74, 6) is 0. The van der Waals surface area contributed by atoms with Gasteiger partial charge in [-0.25, -0.2) is 0 Å². The molecule has 0 bridgehead atoms. The second-order valence-electron chi connectivity index (χ2n) is 29.0. The van der Waals surface area contributed by atoms with Crippen LogP contribution in [0.5, 0.6) is 0 Å². The molecule has 0 saturated carbocycles. The lowest BCUT2D eigenvalue weighted by Gasteiger charge is -2.20. The van der Waals surface area contributed by atoms with Gasteiger partial charge in [-0.05, 0) is 228 Å². The molecule has 119 heavy (non-hydrogen) atoms. The Morgan fingerprint density at radius 2 is 0.361 bits per heavy atom. The van der Waals surface area contributed by atoms with Crippen LogP contribution in [0.25, 0.3) is 175 Å². The molecule has 21 aromatic carbocycles. The Labute approximate surface area is 734 Å². The van der Waals surface area contributed by atoms with Crippen LogP contribution >= 0.6 is 79.6 Å². The molecule has 21 rings (SSSR count). The van der Waals surface area contributed by atoms with Crippen LogP contribution in [-0.2, 0) is 0 Å². The third-order valence-electron chi connectivity index (χ3n) is 22.0. The molecular weight excluding hydrogens is 1780 g/mol. The van der Waals surface area contributed by atoms with Crippen LogP contribution in [-0.4, -0.2) is 34.3 Å². The van der Waals surface area contributed by atoms with Crippen molar-refractivity contribution in [3.8, 4) is 77.9 Å². The molecule has 0 heterocycles. The van der Waals surface area contributed by atoms with E-state index >= 15 is 0 Å². The average molecular weight is 1860 g/mol. The maximum Gasteiger partial charge on any atom is 0.489 e. The lowest BCUT2D eigenvalue weighted by molar-refractivity contribution is 0.425. The minimum absolute atomic E-state index is 0.503. The molecule has 0 saturated heterocycles. The summed E-state index contributed by atoms with van der Waals surface area (Å²) in [6.45, 7) is 0. The minimum atomic E-state index is -1.50. The molecule has 4 nitrogen and oxygen atoms in total. The molecule has 0 aliphatic rings. The first-order valence-corrected chi connectivity index (χ1v) is 43.1. The van der Waals surface area contributed by atoms with Crippen LogP contribution in [0, 0.1) is 0 Å². The van der Waals surface area contributed by atoms with Crippen molar-refractivity contribution in [1.82, 2.24) is 0 Å². The average Bonchev–Trinajstić information content (AvgIpc) is 0.735.